The molecular weight excluding hydrogens is 215 g/mol. The molecule has 17 heavy (non-hydrogen) atoms. The molecule has 1 aliphatic heterocycles. The first-order valence-electron chi connectivity index (χ1n) is 5.86. The van der Waals surface area contributed by atoms with E-state index in [1.54, 1.807) is 6.20 Å². The van der Waals surface area contributed by atoms with Crippen molar-refractivity contribution < 1.29 is 9.31 Å². The average molecular weight is 234 g/mol. The maximum absolute atomic E-state index is 5.97. The summed E-state index contributed by atoms with van der Waals surface area (Å²) in [6, 6.07) is 3.86. The Hall–Kier alpha value is -1.07. The summed E-state index contributed by atoms with van der Waals surface area (Å²) in [6.45, 7) is 8.15. The molecule has 0 aliphatic carbocycles. The fourth-order valence-electron chi connectivity index (χ4n) is 1.77. The van der Waals surface area contributed by atoms with Crippen LogP contribution in [0.25, 0.3) is 0 Å². The minimum absolute atomic E-state index is 0.333. The van der Waals surface area contributed by atoms with E-state index >= 15 is 0 Å². The van der Waals surface area contributed by atoms with Gasteiger partial charge in [-0.15, -0.1) is 0 Å². The van der Waals surface area contributed by atoms with Gasteiger partial charge in [0.15, 0.2) is 0 Å². The summed E-state index contributed by atoms with van der Waals surface area (Å²) in [4.78, 5) is 4.35. The largest absolute Gasteiger partial charge is 0.516 e. The van der Waals surface area contributed by atoms with Gasteiger partial charge >= 0.3 is 7.12 Å². The first-order chi connectivity index (χ1) is 7.87. The Bertz CT molecular complexity index is 405. The zero-order valence-corrected chi connectivity index (χ0v) is 11.1. The molecule has 1 aliphatic rings. The second-order valence-electron chi connectivity index (χ2n) is 5.27. The minimum atomic E-state index is -0.413. The van der Waals surface area contributed by atoms with E-state index in [0.717, 1.165) is 11.3 Å². The third kappa shape index (κ3) is 2.05. The minimum Gasteiger partial charge on any atom is -0.398 e. The molecule has 0 aromatic carbocycles. The maximum Gasteiger partial charge on any atom is 0.516 e. The molecule has 5 heteroatoms. The van der Waals surface area contributed by atoms with Crippen molar-refractivity contribution in [3.8, 4) is 0 Å². The van der Waals surface area contributed by atoms with Crippen molar-refractivity contribution in [1.29, 1.82) is 0 Å². The Kier molecular flexibility index (Phi) is 2.91. The van der Waals surface area contributed by atoms with Crippen LogP contribution < -0.4 is 10.9 Å². The van der Waals surface area contributed by atoms with E-state index in [1.807, 2.05) is 46.9 Å². The van der Waals surface area contributed by atoms with Gasteiger partial charge in [-0.25, -0.2) is 0 Å². The summed E-state index contributed by atoms with van der Waals surface area (Å²) in [5.41, 5.74) is 1.07. The lowest BCUT2D eigenvalue weighted by Gasteiger charge is -2.32. The van der Waals surface area contributed by atoms with Crippen molar-refractivity contribution in [2.75, 3.05) is 12.4 Å². The number of pyridine rings is 1. The number of anilines is 1. The fraction of sp³-hybridized carbons (Fsp3) is 0.583. The molecule has 2 heterocycles. The number of rotatable bonds is 2. The van der Waals surface area contributed by atoms with Gasteiger partial charge in [-0.05, 0) is 39.8 Å². The van der Waals surface area contributed by atoms with Gasteiger partial charge < -0.3 is 14.6 Å². The van der Waals surface area contributed by atoms with E-state index in [2.05, 4.69) is 10.3 Å². The van der Waals surface area contributed by atoms with Crippen LogP contribution in [-0.4, -0.2) is 30.4 Å². The molecule has 0 spiro atoms. The summed E-state index contributed by atoms with van der Waals surface area (Å²) in [7, 11) is 1.45. The summed E-state index contributed by atoms with van der Waals surface area (Å²) >= 11 is 0. The Labute approximate surface area is 103 Å². The quantitative estimate of drug-likeness (QED) is 0.786. The predicted molar refractivity (Wildman–Crippen MR) is 69.5 cm³/mol. The summed E-state index contributed by atoms with van der Waals surface area (Å²) in [6.07, 6.45) is 1.75. The summed E-state index contributed by atoms with van der Waals surface area (Å²) in [5.74, 6) is 0. The van der Waals surface area contributed by atoms with Crippen LogP contribution in [0.2, 0.25) is 0 Å². The lowest BCUT2D eigenvalue weighted by Crippen LogP contribution is -2.41. The highest BCUT2D eigenvalue weighted by Gasteiger charge is 2.52. The van der Waals surface area contributed by atoms with E-state index in [4.69, 9.17) is 9.31 Å². The maximum atomic E-state index is 5.97. The zero-order valence-electron chi connectivity index (χ0n) is 11.1. The molecule has 0 bridgehead atoms. The highest BCUT2D eigenvalue weighted by Crippen LogP contribution is 2.36. The van der Waals surface area contributed by atoms with Crippen LogP contribution in [-0.2, 0) is 9.31 Å². The van der Waals surface area contributed by atoms with Crippen LogP contribution in [0.1, 0.15) is 27.7 Å². The van der Waals surface area contributed by atoms with Crippen LogP contribution in [0, 0.1) is 0 Å². The van der Waals surface area contributed by atoms with Crippen LogP contribution in [0.4, 0.5) is 5.69 Å². The Balaban J connectivity index is 2.32. The van der Waals surface area contributed by atoms with Gasteiger partial charge in [0.05, 0.1) is 22.5 Å². The number of hydrogen-bond donors (Lipinski definition) is 1. The standard InChI is InChI=1S/C12H19BN2O2/c1-11(2)12(3,4)17-13(16-11)10-9(14-5)7-6-8-15-10/h6-8,14H,1-5H3. The topological polar surface area (TPSA) is 43.4 Å². The lowest BCUT2D eigenvalue weighted by atomic mass is 9.83. The molecular formula is C12H19BN2O2. The fourth-order valence-corrected chi connectivity index (χ4v) is 1.77. The van der Waals surface area contributed by atoms with Gasteiger partial charge in [0, 0.05) is 13.2 Å². The Morgan fingerprint density at radius 1 is 1.18 bits per heavy atom. The highest BCUT2D eigenvalue weighted by atomic mass is 16.7. The van der Waals surface area contributed by atoms with Gasteiger partial charge in [0.1, 0.15) is 0 Å². The second kappa shape index (κ2) is 4.00. The van der Waals surface area contributed by atoms with Crippen molar-refractivity contribution in [2.24, 2.45) is 0 Å². The molecule has 0 atom stereocenters. The van der Waals surface area contributed by atoms with E-state index in [0.29, 0.717) is 0 Å². The molecule has 2 rings (SSSR count). The van der Waals surface area contributed by atoms with Gasteiger partial charge in [0.2, 0.25) is 0 Å². The number of aromatic nitrogens is 1. The molecule has 0 saturated carbocycles. The highest BCUT2D eigenvalue weighted by molar-refractivity contribution is 6.62. The lowest BCUT2D eigenvalue weighted by molar-refractivity contribution is 0.00578. The molecule has 1 aromatic rings. The zero-order chi connectivity index (χ0) is 12.7. The van der Waals surface area contributed by atoms with Gasteiger partial charge in [-0.1, -0.05) is 0 Å². The first-order valence-corrected chi connectivity index (χ1v) is 5.86. The van der Waals surface area contributed by atoms with Crippen molar-refractivity contribution in [2.45, 2.75) is 38.9 Å². The van der Waals surface area contributed by atoms with E-state index in [9.17, 15) is 0 Å². The molecule has 1 saturated heterocycles. The Morgan fingerprint density at radius 2 is 1.76 bits per heavy atom. The van der Waals surface area contributed by atoms with Gasteiger partial charge in [-0.2, -0.15) is 0 Å². The van der Waals surface area contributed by atoms with Crippen LogP contribution in [0.15, 0.2) is 18.3 Å². The van der Waals surface area contributed by atoms with Crippen molar-refractivity contribution in [3.05, 3.63) is 18.3 Å². The number of hydrogen-bond acceptors (Lipinski definition) is 4. The van der Waals surface area contributed by atoms with Crippen molar-refractivity contribution in [3.63, 3.8) is 0 Å². The van der Waals surface area contributed by atoms with Crippen LogP contribution >= 0.6 is 0 Å². The SMILES string of the molecule is CNc1cccnc1B1OC(C)(C)C(C)(C)O1. The third-order valence-corrected chi connectivity index (χ3v) is 3.58. The van der Waals surface area contributed by atoms with E-state index in [1.165, 1.54) is 0 Å². The van der Waals surface area contributed by atoms with Crippen LogP contribution in [0.3, 0.4) is 0 Å². The van der Waals surface area contributed by atoms with Gasteiger partial charge in [-0.3, -0.25) is 4.98 Å². The molecule has 1 fully saturated rings. The molecule has 0 radical (unpaired) electrons. The molecule has 0 unspecified atom stereocenters. The smallest absolute Gasteiger partial charge is 0.398 e. The van der Waals surface area contributed by atoms with Crippen molar-refractivity contribution in [1.82, 2.24) is 4.98 Å². The molecule has 92 valence electrons. The molecule has 1 N–H and O–H groups in total. The number of nitrogens with zero attached hydrogens (tertiary/aromatic N) is 1. The first kappa shape index (κ1) is 12.4. The monoisotopic (exact) mass is 234 g/mol. The number of nitrogens with one attached hydrogen (secondary N) is 1. The summed E-state index contributed by atoms with van der Waals surface area (Å²) < 4.78 is 11.9. The predicted octanol–water partition coefficient (Wildman–Crippen LogP) is 1.42. The average Bonchev–Trinajstić information content (AvgIpc) is 2.48. The normalized spacial score (nSPS) is 21.6. The molecule has 4 nitrogen and oxygen atoms in total. The molecule has 1 aromatic heterocycles. The van der Waals surface area contributed by atoms with Crippen molar-refractivity contribution >= 4 is 18.4 Å². The molecule has 0 amide bonds. The Morgan fingerprint density at radius 3 is 2.29 bits per heavy atom. The second-order valence-corrected chi connectivity index (χ2v) is 5.27. The van der Waals surface area contributed by atoms with E-state index < -0.39 is 7.12 Å². The summed E-state index contributed by atoms with van der Waals surface area (Å²) in [5, 5.41) is 3.10. The van der Waals surface area contributed by atoms with Gasteiger partial charge in [0.25, 0.3) is 0 Å². The van der Waals surface area contributed by atoms with Crippen LogP contribution in [0.5, 0.6) is 0 Å². The van der Waals surface area contributed by atoms with E-state index in [-0.39, 0.29) is 11.2 Å². The third-order valence-electron chi connectivity index (χ3n) is 3.58.